The Morgan fingerprint density at radius 3 is 2.63 bits per heavy atom. The molecule has 0 spiro atoms. The highest BCUT2D eigenvalue weighted by Crippen LogP contribution is 2.39. The Morgan fingerprint density at radius 1 is 1.23 bits per heavy atom. The lowest BCUT2D eigenvalue weighted by molar-refractivity contribution is -0.0492. The van der Waals surface area contributed by atoms with Gasteiger partial charge < -0.3 is 9.88 Å². The standard InChI is InChI=1S/C19H22ClF3N4O2S/c20-15-4-6-18-14(7-15)9-26(30(28,29)19(21,22)23)11-17(5-3-13-1-2-13)27(18)10-16-8-24-12-25-16/h4,6-8,12-13,17H,1-3,5,9-11H2,(H,24,25). The maximum Gasteiger partial charge on any atom is 0.511 e. The van der Waals surface area contributed by atoms with Gasteiger partial charge in [0, 0.05) is 36.0 Å². The second kappa shape index (κ2) is 8.05. The Morgan fingerprint density at radius 2 is 2.00 bits per heavy atom. The van der Waals surface area contributed by atoms with Crippen LogP contribution in [0.2, 0.25) is 5.02 Å². The third-order valence-electron chi connectivity index (χ3n) is 5.69. The molecule has 1 aromatic carbocycles. The Kier molecular flexibility index (Phi) is 5.75. The van der Waals surface area contributed by atoms with Gasteiger partial charge in [-0.2, -0.15) is 17.5 Å². The van der Waals surface area contributed by atoms with Crippen molar-refractivity contribution in [2.24, 2.45) is 5.92 Å². The highest BCUT2D eigenvalue weighted by molar-refractivity contribution is 7.89. The summed E-state index contributed by atoms with van der Waals surface area (Å²) in [5.74, 6) is 0.569. The molecule has 30 heavy (non-hydrogen) atoms. The molecule has 1 saturated carbocycles. The largest absolute Gasteiger partial charge is 0.511 e. The summed E-state index contributed by atoms with van der Waals surface area (Å²) >= 11 is 6.09. The molecule has 1 fully saturated rings. The van der Waals surface area contributed by atoms with Crippen LogP contribution in [0, 0.1) is 5.92 Å². The average molecular weight is 463 g/mol. The molecule has 1 aromatic heterocycles. The SMILES string of the molecule is O=S(=O)(N1Cc2cc(Cl)ccc2N(Cc2cnc[nH]2)C(CCC2CC2)C1)C(F)(F)F. The Balaban J connectivity index is 1.75. The van der Waals surface area contributed by atoms with Crippen LogP contribution in [0.15, 0.2) is 30.7 Å². The highest BCUT2D eigenvalue weighted by Gasteiger charge is 2.51. The number of halogens is 4. The van der Waals surface area contributed by atoms with Crippen LogP contribution < -0.4 is 4.90 Å². The predicted octanol–water partition coefficient (Wildman–Crippen LogP) is 4.29. The van der Waals surface area contributed by atoms with Crippen molar-refractivity contribution in [2.75, 3.05) is 11.4 Å². The molecule has 1 aliphatic heterocycles. The number of H-pyrrole nitrogens is 1. The van der Waals surface area contributed by atoms with Crippen molar-refractivity contribution < 1.29 is 21.6 Å². The van der Waals surface area contributed by atoms with E-state index in [1.807, 2.05) is 4.90 Å². The number of hydrogen-bond donors (Lipinski definition) is 1. The van der Waals surface area contributed by atoms with Gasteiger partial charge in [-0.05, 0) is 42.5 Å². The molecule has 11 heteroatoms. The van der Waals surface area contributed by atoms with E-state index in [0.29, 0.717) is 39.5 Å². The number of aromatic amines is 1. The van der Waals surface area contributed by atoms with Crippen molar-refractivity contribution >= 4 is 27.3 Å². The first kappa shape index (κ1) is 21.5. The fraction of sp³-hybridized carbons (Fsp3) is 0.526. The van der Waals surface area contributed by atoms with Crippen LogP contribution in [0.5, 0.6) is 0 Å². The lowest BCUT2D eigenvalue weighted by atomic mass is 10.1. The summed E-state index contributed by atoms with van der Waals surface area (Å²) in [4.78, 5) is 9.02. The van der Waals surface area contributed by atoms with Crippen LogP contribution >= 0.6 is 11.6 Å². The van der Waals surface area contributed by atoms with Gasteiger partial charge in [0.25, 0.3) is 0 Å². The maximum atomic E-state index is 13.4. The summed E-state index contributed by atoms with van der Waals surface area (Å²) in [6.07, 6.45) is 6.88. The lowest BCUT2D eigenvalue weighted by Gasteiger charge is -2.34. The number of anilines is 1. The van der Waals surface area contributed by atoms with E-state index in [9.17, 15) is 21.6 Å². The summed E-state index contributed by atoms with van der Waals surface area (Å²) in [6.45, 7) is -0.240. The second-order valence-corrected chi connectivity index (χ2v) is 10.3. The number of imidazole rings is 1. The minimum absolute atomic E-state index is 0.241. The van der Waals surface area contributed by atoms with E-state index >= 15 is 0 Å². The van der Waals surface area contributed by atoms with E-state index in [-0.39, 0.29) is 13.1 Å². The molecule has 0 amide bonds. The molecule has 0 radical (unpaired) electrons. The molecule has 164 valence electrons. The van der Waals surface area contributed by atoms with E-state index in [1.54, 1.807) is 24.4 Å². The van der Waals surface area contributed by atoms with Gasteiger partial charge in [0.2, 0.25) is 0 Å². The zero-order valence-electron chi connectivity index (χ0n) is 16.1. The topological polar surface area (TPSA) is 69.3 Å². The first-order valence-electron chi connectivity index (χ1n) is 9.74. The van der Waals surface area contributed by atoms with Gasteiger partial charge >= 0.3 is 15.5 Å². The quantitative estimate of drug-likeness (QED) is 0.695. The van der Waals surface area contributed by atoms with Gasteiger partial charge in [-0.25, -0.2) is 13.4 Å². The molecular weight excluding hydrogens is 441 g/mol. The number of benzene rings is 1. The molecule has 1 atom stereocenters. The van der Waals surface area contributed by atoms with Crippen LogP contribution in [0.25, 0.3) is 0 Å². The minimum Gasteiger partial charge on any atom is -0.361 e. The summed E-state index contributed by atoms with van der Waals surface area (Å²) in [5.41, 5.74) is -3.43. The van der Waals surface area contributed by atoms with E-state index in [0.717, 1.165) is 25.0 Å². The fourth-order valence-electron chi connectivity index (χ4n) is 3.93. The zero-order valence-corrected chi connectivity index (χ0v) is 17.6. The molecule has 6 nitrogen and oxygen atoms in total. The molecule has 2 aliphatic rings. The molecule has 2 heterocycles. The molecular formula is C19H22ClF3N4O2S. The average Bonchev–Trinajstić information content (AvgIpc) is 3.38. The third kappa shape index (κ3) is 4.45. The molecule has 0 saturated heterocycles. The Hall–Kier alpha value is -1.78. The maximum absolute atomic E-state index is 13.4. The van der Waals surface area contributed by atoms with Gasteiger partial charge in [-0.1, -0.05) is 24.4 Å². The fourth-order valence-corrected chi connectivity index (χ4v) is 5.09. The van der Waals surface area contributed by atoms with E-state index in [4.69, 9.17) is 11.6 Å². The van der Waals surface area contributed by atoms with E-state index in [2.05, 4.69) is 9.97 Å². The van der Waals surface area contributed by atoms with Crippen molar-refractivity contribution in [3.8, 4) is 0 Å². The monoisotopic (exact) mass is 462 g/mol. The number of nitrogens with zero attached hydrogens (tertiary/aromatic N) is 3. The molecule has 4 rings (SSSR count). The minimum atomic E-state index is -5.48. The van der Waals surface area contributed by atoms with Crippen molar-refractivity contribution in [1.82, 2.24) is 14.3 Å². The molecule has 1 unspecified atom stereocenters. The van der Waals surface area contributed by atoms with E-state index in [1.165, 1.54) is 6.33 Å². The van der Waals surface area contributed by atoms with Crippen molar-refractivity contribution in [3.63, 3.8) is 0 Å². The van der Waals surface area contributed by atoms with Crippen molar-refractivity contribution in [3.05, 3.63) is 47.0 Å². The van der Waals surface area contributed by atoms with Gasteiger partial charge in [-0.15, -0.1) is 0 Å². The summed E-state index contributed by atoms with van der Waals surface area (Å²) in [7, 11) is -5.48. The van der Waals surface area contributed by atoms with Crippen molar-refractivity contribution in [2.45, 2.75) is 50.3 Å². The van der Waals surface area contributed by atoms with Gasteiger partial charge in [0.1, 0.15) is 0 Å². The molecule has 1 N–H and O–H groups in total. The molecule has 1 aliphatic carbocycles. The van der Waals surface area contributed by atoms with Crippen LogP contribution in [-0.2, 0) is 23.1 Å². The van der Waals surface area contributed by atoms with Gasteiger partial charge in [0.05, 0.1) is 18.6 Å². The normalized spacial score (nSPS) is 20.8. The molecule has 2 aromatic rings. The van der Waals surface area contributed by atoms with E-state index < -0.39 is 21.6 Å². The van der Waals surface area contributed by atoms with Crippen molar-refractivity contribution in [1.29, 1.82) is 0 Å². The van der Waals surface area contributed by atoms with Gasteiger partial charge in [0.15, 0.2) is 0 Å². The Labute approximate surface area is 178 Å². The number of hydrogen-bond acceptors (Lipinski definition) is 4. The van der Waals surface area contributed by atoms with Gasteiger partial charge in [-0.3, -0.25) is 0 Å². The first-order chi connectivity index (χ1) is 14.1. The smallest absolute Gasteiger partial charge is 0.361 e. The summed E-state index contributed by atoms with van der Waals surface area (Å²) in [5, 5.41) is 0.344. The van der Waals surface area contributed by atoms with Crippen LogP contribution in [-0.4, -0.2) is 40.8 Å². The summed E-state index contributed by atoms with van der Waals surface area (Å²) in [6, 6.07) is 4.56. The second-order valence-electron chi connectivity index (χ2n) is 7.90. The third-order valence-corrected chi connectivity index (χ3v) is 7.46. The number of aromatic nitrogens is 2. The number of rotatable bonds is 6. The number of nitrogens with one attached hydrogen (secondary N) is 1. The first-order valence-corrected chi connectivity index (χ1v) is 11.6. The highest BCUT2D eigenvalue weighted by atomic mass is 35.5. The van der Waals surface area contributed by atoms with Crippen LogP contribution in [0.4, 0.5) is 18.9 Å². The molecule has 0 bridgehead atoms. The Bertz CT molecular complexity index is 994. The zero-order chi connectivity index (χ0) is 21.5. The number of sulfonamides is 1. The summed E-state index contributed by atoms with van der Waals surface area (Å²) < 4.78 is 65.3. The number of fused-ring (bicyclic) bond motifs is 1. The lowest BCUT2D eigenvalue weighted by Crippen LogP contribution is -2.47. The number of alkyl halides is 3. The predicted molar refractivity (Wildman–Crippen MR) is 107 cm³/mol. The van der Waals surface area contributed by atoms with Crippen LogP contribution in [0.1, 0.15) is 36.9 Å². The van der Waals surface area contributed by atoms with Crippen LogP contribution in [0.3, 0.4) is 0 Å².